The third-order valence-corrected chi connectivity index (χ3v) is 4.86. The van der Waals surface area contributed by atoms with Crippen molar-refractivity contribution in [2.24, 2.45) is 0 Å². The largest absolute Gasteiger partial charge is 0.490 e. The van der Waals surface area contributed by atoms with Gasteiger partial charge in [-0.1, -0.05) is 63.6 Å². The molecule has 4 heteroatoms. The predicted molar refractivity (Wildman–Crippen MR) is 117 cm³/mol. The van der Waals surface area contributed by atoms with Crippen molar-refractivity contribution in [3.8, 4) is 16.9 Å². The van der Waals surface area contributed by atoms with Crippen LogP contribution >= 0.6 is 0 Å². The van der Waals surface area contributed by atoms with Gasteiger partial charge in [0.25, 0.3) is 0 Å². The Bertz CT molecular complexity index is 793. The number of unbranched alkanes of at least 4 members (excludes halogenated alkanes) is 2. The highest BCUT2D eigenvalue weighted by molar-refractivity contribution is 5.87. The molecule has 0 saturated heterocycles. The Morgan fingerprint density at radius 2 is 1.79 bits per heavy atom. The summed E-state index contributed by atoms with van der Waals surface area (Å²) in [4.78, 5) is 11.4. The average molecular weight is 397 g/mol. The highest BCUT2D eigenvalue weighted by Gasteiger charge is 2.08. The lowest BCUT2D eigenvalue weighted by atomic mass is 9.96. The van der Waals surface area contributed by atoms with Crippen molar-refractivity contribution < 1.29 is 19.4 Å². The van der Waals surface area contributed by atoms with E-state index in [2.05, 4.69) is 50.8 Å². The number of hydrogen-bond donors (Lipinski definition) is 1. The molecule has 0 amide bonds. The fourth-order valence-electron chi connectivity index (χ4n) is 3.12. The Morgan fingerprint density at radius 1 is 1.03 bits per heavy atom. The van der Waals surface area contributed by atoms with Gasteiger partial charge in [-0.25, -0.2) is 4.79 Å². The minimum atomic E-state index is -0.598. The third-order valence-electron chi connectivity index (χ3n) is 4.86. The summed E-state index contributed by atoms with van der Waals surface area (Å²) in [5.41, 5.74) is 5.07. The van der Waals surface area contributed by atoms with Crippen molar-refractivity contribution >= 4 is 5.97 Å². The van der Waals surface area contributed by atoms with Crippen molar-refractivity contribution in [3.05, 3.63) is 65.7 Å². The van der Waals surface area contributed by atoms with Crippen molar-refractivity contribution in [2.75, 3.05) is 19.8 Å². The molecule has 0 aliphatic carbocycles. The SMILES string of the molecule is C=C(CO)C(=O)OCCOc1ccc(-c2ccc(CCCCC)cc2)c(CC)c1. The number of carbonyl (C=O) groups excluding carboxylic acids is 1. The molecule has 2 rings (SSSR count). The number of aryl methyl sites for hydroxylation is 2. The Morgan fingerprint density at radius 3 is 2.45 bits per heavy atom. The lowest BCUT2D eigenvalue weighted by molar-refractivity contribution is -0.140. The lowest BCUT2D eigenvalue weighted by Crippen LogP contribution is -2.15. The molecule has 0 saturated carbocycles. The molecule has 1 N–H and O–H groups in total. The van der Waals surface area contributed by atoms with Crippen molar-refractivity contribution in [2.45, 2.75) is 46.0 Å². The highest BCUT2D eigenvalue weighted by Crippen LogP contribution is 2.28. The molecule has 0 atom stereocenters. The molecule has 4 nitrogen and oxygen atoms in total. The summed E-state index contributed by atoms with van der Waals surface area (Å²) in [7, 11) is 0. The molecule has 0 aliphatic heterocycles. The second-order valence-electron chi connectivity index (χ2n) is 7.07. The molecule has 2 aromatic rings. The second-order valence-corrected chi connectivity index (χ2v) is 7.07. The number of hydrogen-bond acceptors (Lipinski definition) is 4. The first-order valence-electron chi connectivity index (χ1n) is 10.4. The van der Waals surface area contributed by atoms with Crippen molar-refractivity contribution in [1.29, 1.82) is 0 Å². The minimum Gasteiger partial charge on any atom is -0.490 e. The van der Waals surface area contributed by atoms with Crippen LogP contribution in [0.4, 0.5) is 0 Å². The molecular weight excluding hydrogens is 364 g/mol. The van der Waals surface area contributed by atoms with Crippen LogP contribution in [0.15, 0.2) is 54.6 Å². The molecular formula is C25H32O4. The summed E-state index contributed by atoms with van der Waals surface area (Å²) < 4.78 is 10.7. The molecule has 0 aliphatic rings. The lowest BCUT2D eigenvalue weighted by Gasteiger charge is -2.13. The summed E-state index contributed by atoms with van der Waals surface area (Å²) >= 11 is 0. The Kier molecular flexibility index (Phi) is 9.45. The monoisotopic (exact) mass is 396 g/mol. The van der Waals surface area contributed by atoms with Gasteiger partial charge in [-0.05, 0) is 53.6 Å². The van der Waals surface area contributed by atoms with Crippen LogP contribution in [0, 0.1) is 0 Å². The molecule has 2 aromatic carbocycles. The number of ether oxygens (including phenoxy) is 2. The maximum atomic E-state index is 11.4. The van der Waals surface area contributed by atoms with E-state index >= 15 is 0 Å². The van der Waals surface area contributed by atoms with Gasteiger partial charge in [0, 0.05) is 0 Å². The van der Waals surface area contributed by atoms with E-state index in [1.54, 1.807) is 0 Å². The van der Waals surface area contributed by atoms with Gasteiger partial charge in [0.05, 0.1) is 12.2 Å². The maximum Gasteiger partial charge on any atom is 0.335 e. The molecule has 0 bridgehead atoms. The first kappa shape index (κ1) is 22.7. The zero-order chi connectivity index (χ0) is 21.1. The van der Waals surface area contributed by atoms with Crippen LogP contribution in [-0.2, 0) is 22.4 Å². The number of carbonyl (C=O) groups is 1. The molecule has 0 radical (unpaired) electrons. The minimum absolute atomic E-state index is 0.0407. The Balaban J connectivity index is 1.96. The normalized spacial score (nSPS) is 10.6. The number of aliphatic hydroxyl groups is 1. The van der Waals surface area contributed by atoms with E-state index in [1.165, 1.54) is 41.5 Å². The molecule has 156 valence electrons. The van der Waals surface area contributed by atoms with E-state index < -0.39 is 12.6 Å². The predicted octanol–water partition coefficient (Wildman–Crippen LogP) is 5.12. The zero-order valence-electron chi connectivity index (χ0n) is 17.6. The number of esters is 1. The molecule has 0 aromatic heterocycles. The van der Waals surface area contributed by atoms with Crippen LogP contribution in [0.5, 0.6) is 5.75 Å². The summed E-state index contributed by atoms with van der Waals surface area (Å²) in [5.74, 6) is 0.151. The maximum absolute atomic E-state index is 11.4. The van der Waals surface area contributed by atoms with Gasteiger partial charge >= 0.3 is 5.97 Å². The van der Waals surface area contributed by atoms with E-state index in [0.717, 1.165) is 18.6 Å². The average Bonchev–Trinajstić information content (AvgIpc) is 2.76. The fraction of sp³-hybridized carbons (Fsp3) is 0.400. The van der Waals surface area contributed by atoms with Crippen LogP contribution in [0.1, 0.15) is 44.2 Å². The summed E-state index contributed by atoms with van der Waals surface area (Å²) in [6.07, 6.45) is 5.80. The fourth-order valence-corrected chi connectivity index (χ4v) is 3.12. The van der Waals surface area contributed by atoms with Gasteiger partial charge in [-0.2, -0.15) is 0 Å². The van der Waals surface area contributed by atoms with Crippen molar-refractivity contribution in [3.63, 3.8) is 0 Å². The second kappa shape index (κ2) is 12.1. The Hall–Kier alpha value is -2.59. The summed E-state index contributed by atoms with van der Waals surface area (Å²) in [6, 6.07) is 14.9. The van der Waals surface area contributed by atoms with Gasteiger partial charge in [0.15, 0.2) is 0 Å². The molecule has 0 fully saturated rings. The highest BCUT2D eigenvalue weighted by atomic mass is 16.6. The van der Waals surface area contributed by atoms with Gasteiger partial charge < -0.3 is 14.6 Å². The Labute approximate surface area is 174 Å². The molecule has 0 spiro atoms. The molecule has 0 unspecified atom stereocenters. The van der Waals surface area contributed by atoms with Gasteiger partial charge in [-0.15, -0.1) is 0 Å². The number of benzene rings is 2. The van der Waals surface area contributed by atoms with Gasteiger partial charge in [0.1, 0.15) is 19.0 Å². The van der Waals surface area contributed by atoms with E-state index in [4.69, 9.17) is 14.6 Å². The topological polar surface area (TPSA) is 55.8 Å². The quantitative estimate of drug-likeness (QED) is 0.307. The molecule has 0 heterocycles. The van der Waals surface area contributed by atoms with Gasteiger partial charge in [0.2, 0.25) is 0 Å². The smallest absolute Gasteiger partial charge is 0.335 e. The van der Waals surface area contributed by atoms with Crippen LogP contribution in [0.2, 0.25) is 0 Å². The summed E-state index contributed by atoms with van der Waals surface area (Å²) in [6.45, 7) is 7.74. The zero-order valence-corrected chi connectivity index (χ0v) is 17.6. The van der Waals surface area contributed by atoms with Crippen LogP contribution in [-0.4, -0.2) is 30.9 Å². The van der Waals surface area contributed by atoms with E-state index in [-0.39, 0.29) is 18.8 Å². The van der Waals surface area contributed by atoms with Crippen LogP contribution in [0.25, 0.3) is 11.1 Å². The number of aliphatic hydroxyl groups excluding tert-OH is 1. The van der Waals surface area contributed by atoms with Crippen LogP contribution < -0.4 is 4.74 Å². The molecule has 29 heavy (non-hydrogen) atoms. The number of rotatable bonds is 12. The van der Waals surface area contributed by atoms with Crippen molar-refractivity contribution in [1.82, 2.24) is 0 Å². The van der Waals surface area contributed by atoms with Crippen LogP contribution in [0.3, 0.4) is 0 Å². The van der Waals surface area contributed by atoms with E-state index in [9.17, 15) is 4.79 Å². The third kappa shape index (κ3) is 7.06. The first-order valence-corrected chi connectivity index (χ1v) is 10.4. The van der Waals surface area contributed by atoms with Gasteiger partial charge in [-0.3, -0.25) is 0 Å². The van der Waals surface area contributed by atoms with E-state index in [0.29, 0.717) is 0 Å². The standard InChI is InChI=1S/C25H32O4/c1-4-6-7-8-20-9-11-22(12-10-20)24-14-13-23(17-21(24)5-2)28-15-16-29-25(27)19(3)18-26/h9-14,17,26H,3-8,15-16,18H2,1-2H3. The summed E-state index contributed by atoms with van der Waals surface area (Å²) in [5, 5.41) is 8.85. The first-order chi connectivity index (χ1) is 14.1. The van der Waals surface area contributed by atoms with E-state index in [1.807, 2.05) is 12.1 Å².